The third-order valence-corrected chi connectivity index (χ3v) is 5.90. The molecule has 3 amide bonds. The summed E-state index contributed by atoms with van der Waals surface area (Å²) < 4.78 is 4.88. The van der Waals surface area contributed by atoms with Gasteiger partial charge in [0.2, 0.25) is 11.8 Å². The van der Waals surface area contributed by atoms with Crippen LogP contribution in [0, 0.1) is 40.7 Å². The van der Waals surface area contributed by atoms with Crippen molar-refractivity contribution in [2.75, 3.05) is 18.5 Å². The number of hydrogen-bond donors (Lipinski definition) is 1. The normalized spacial score (nSPS) is 26.1. The van der Waals surface area contributed by atoms with Crippen molar-refractivity contribution in [3.63, 3.8) is 0 Å². The standard InChI is InChI=1S/C20H19N3O7/c1-10-2-5-13(7-14(10)23(28)29)21-15(24)9-30-16(25)8-22-19(26)17-11-3-4-12(6-11)18(17)20(22)27/h2-5,7,11-12,17-18H,6,8-9H2,1H3,(H,21,24)/t11-,12-,17-,18+/m0/s1. The lowest BCUT2D eigenvalue weighted by molar-refractivity contribution is -0.385. The summed E-state index contributed by atoms with van der Waals surface area (Å²) >= 11 is 0. The highest BCUT2D eigenvalue weighted by Gasteiger charge is 2.59. The van der Waals surface area contributed by atoms with Gasteiger partial charge in [-0.1, -0.05) is 18.2 Å². The Bertz CT molecular complexity index is 972. The van der Waals surface area contributed by atoms with Gasteiger partial charge in [0.05, 0.1) is 16.8 Å². The first-order valence-electron chi connectivity index (χ1n) is 9.50. The number of aryl methyl sites for hydroxylation is 1. The van der Waals surface area contributed by atoms with Gasteiger partial charge in [-0.15, -0.1) is 0 Å². The van der Waals surface area contributed by atoms with Crippen LogP contribution in [0.3, 0.4) is 0 Å². The number of rotatable bonds is 6. The molecule has 1 aliphatic heterocycles. The number of carbonyl (C=O) groups is 4. The number of imide groups is 1. The molecule has 1 saturated heterocycles. The van der Waals surface area contributed by atoms with Gasteiger partial charge in [-0.2, -0.15) is 0 Å². The third-order valence-electron chi connectivity index (χ3n) is 5.90. The number of anilines is 1. The summed E-state index contributed by atoms with van der Waals surface area (Å²) in [6.07, 6.45) is 4.71. The van der Waals surface area contributed by atoms with E-state index in [0.717, 1.165) is 11.3 Å². The molecule has 1 heterocycles. The minimum Gasteiger partial charge on any atom is -0.454 e. The van der Waals surface area contributed by atoms with E-state index in [0.29, 0.717) is 5.56 Å². The van der Waals surface area contributed by atoms with E-state index in [1.165, 1.54) is 18.2 Å². The number of nitrogens with zero attached hydrogens (tertiary/aromatic N) is 2. The fraction of sp³-hybridized carbons (Fsp3) is 0.400. The predicted octanol–water partition coefficient (Wildman–Crippen LogP) is 1.19. The summed E-state index contributed by atoms with van der Waals surface area (Å²) in [5.74, 6) is -3.02. The maximum absolute atomic E-state index is 12.5. The minimum absolute atomic E-state index is 0.0433. The molecule has 30 heavy (non-hydrogen) atoms. The monoisotopic (exact) mass is 413 g/mol. The Kier molecular flexibility index (Phi) is 4.84. The predicted molar refractivity (Wildman–Crippen MR) is 102 cm³/mol. The Balaban J connectivity index is 1.30. The smallest absolute Gasteiger partial charge is 0.326 e. The molecule has 0 aromatic heterocycles. The fourth-order valence-electron chi connectivity index (χ4n) is 4.52. The Hall–Kier alpha value is -3.56. The largest absolute Gasteiger partial charge is 0.454 e. The second kappa shape index (κ2) is 7.36. The fourth-order valence-corrected chi connectivity index (χ4v) is 4.52. The van der Waals surface area contributed by atoms with Gasteiger partial charge in [-0.05, 0) is 31.2 Å². The number of benzene rings is 1. The molecule has 156 valence electrons. The molecule has 0 spiro atoms. The molecule has 10 heteroatoms. The Morgan fingerprint density at radius 1 is 1.20 bits per heavy atom. The highest BCUT2D eigenvalue weighted by molar-refractivity contribution is 6.08. The van der Waals surface area contributed by atoms with E-state index >= 15 is 0 Å². The van der Waals surface area contributed by atoms with Crippen LogP contribution in [-0.4, -0.2) is 46.7 Å². The molecule has 1 saturated carbocycles. The molecule has 3 aliphatic rings. The zero-order valence-electron chi connectivity index (χ0n) is 16.1. The molecular weight excluding hydrogens is 394 g/mol. The highest BCUT2D eigenvalue weighted by Crippen LogP contribution is 2.52. The van der Waals surface area contributed by atoms with Crippen LogP contribution >= 0.6 is 0 Å². The van der Waals surface area contributed by atoms with Gasteiger partial charge in [-0.3, -0.25) is 34.2 Å². The van der Waals surface area contributed by atoms with Crippen molar-refractivity contribution in [3.05, 3.63) is 46.0 Å². The van der Waals surface area contributed by atoms with E-state index in [1.807, 2.05) is 12.2 Å². The van der Waals surface area contributed by atoms with Crippen LogP contribution in [-0.2, 0) is 23.9 Å². The van der Waals surface area contributed by atoms with E-state index in [-0.39, 0.29) is 35.0 Å². The molecule has 0 radical (unpaired) electrons. The maximum Gasteiger partial charge on any atom is 0.326 e. The van der Waals surface area contributed by atoms with Crippen molar-refractivity contribution in [2.24, 2.45) is 23.7 Å². The summed E-state index contributed by atoms with van der Waals surface area (Å²) in [7, 11) is 0. The van der Waals surface area contributed by atoms with Crippen LogP contribution in [0.1, 0.15) is 12.0 Å². The Labute approximate surface area is 171 Å². The van der Waals surface area contributed by atoms with Gasteiger partial charge in [0.15, 0.2) is 6.61 Å². The number of nitro groups is 1. The van der Waals surface area contributed by atoms with E-state index in [2.05, 4.69) is 5.32 Å². The number of nitro benzene ring substituents is 1. The molecule has 4 rings (SSSR count). The molecule has 4 atom stereocenters. The highest BCUT2D eigenvalue weighted by atomic mass is 16.6. The molecule has 0 unspecified atom stereocenters. The van der Waals surface area contributed by atoms with Gasteiger partial charge in [0, 0.05) is 17.3 Å². The lowest BCUT2D eigenvalue weighted by Crippen LogP contribution is -2.38. The lowest BCUT2D eigenvalue weighted by Gasteiger charge is -2.16. The number of carbonyl (C=O) groups excluding carboxylic acids is 4. The molecule has 2 aliphatic carbocycles. The number of nitrogens with one attached hydrogen (secondary N) is 1. The van der Waals surface area contributed by atoms with Crippen LogP contribution < -0.4 is 5.32 Å². The summed E-state index contributed by atoms with van der Waals surface area (Å²) in [6, 6.07) is 4.19. The van der Waals surface area contributed by atoms with Gasteiger partial charge < -0.3 is 10.1 Å². The van der Waals surface area contributed by atoms with Crippen LogP contribution in [0.25, 0.3) is 0 Å². The number of fused-ring (bicyclic) bond motifs is 5. The first-order valence-corrected chi connectivity index (χ1v) is 9.50. The van der Waals surface area contributed by atoms with Crippen LogP contribution in [0.4, 0.5) is 11.4 Å². The second-order valence-corrected chi connectivity index (χ2v) is 7.73. The molecular formula is C20H19N3O7. The van der Waals surface area contributed by atoms with Gasteiger partial charge >= 0.3 is 5.97 Å². The molecule has 1 aromatic carbocycles. The van der Waals surface area contributed by atoms with Crippen molar-refractivity contribution in [1.29, 1.82) is 0 Å². The average molecular weight is 413 g/mol. The lowest BCUT2D eigenvalue weighted by atomic mass is 9.85. The van der Waals surface area contributed by atoms with E-state index < -0.39 is 41.8 Å². The van der Waals surface area contributed by atoms with E-state index in [1.54, 1.807) is 6.92 Å². The number of likely N-dealkylation sites (tertiary alicyclic amines) is 1. The van der Waals surface area contributed by atoms with Crippen molar-refractivity contribution >= 4 is 35.1 Å². The Morgan fingerprint density at radius 2 is 1.83 bits per heavy atom. The van der Waals surface area contributed by atoms with Crippen molar-refractivity contribution in [2.45, 2.75) is 13.3 Å². The van der Waals surface area contributed by atoms with Crippen molar-refractivity contribution in [3.8, 4) is 0 Å². The summed E-state index contributed by atoms with van der Waals surface area (Å²) in [5, 5.41) is 13.4. The van der Waals surface area contributed by atoms with Crippen LogP contribution in [0.5, 0.6) is 0 Å². The second-order valence-electron chi connectivity index (χ2n) is 7.73. The quantitative estimate of drug-likeness (QED) is 0.243. The number of amides is 3. The van der Waals surface area contributed by atoms with Gasteiger partial charge in [0.1, 0.15) is 6.54 Å². The maximum atomic E-state index is 12.5. The van der Waals surface area contributed by atoms with Crippen molar-refractivity contribution < 1.29 is 28.8 Å². The molecule has 10 nitrogen and oxygen atoms in total. The zero-order valence-corrected chi connectivity index (χ0v) is 16.1. The van der Waals surface area contributed by atoms with Crippen LogP contribution in [0.15, 0.2) is 30.4 Å². The summed E-state index contributed by atoms with van der Waals surface area (Å²) in [6.45, 7) is 0.395. The van der Waals surface area contributed by atoms with Crippen LogP contribution in [0.2, 0.25) is 0 Å². The number of ether oxygens (including phenoxy) is 1. The molecule has 1 N–H and O–H groups in total. The molecule has 1 aromatic rings. The Morgan fingerprint density at radius 3 is 2.43 bits per heavy atom. The number of allylic oxidation sites excluding steroid dienone is 2. The SMILES string of the molecule is Cc1ccc(NC(=O)COC(=O)CN2C(=O)[C@@H]3[C@H](C2=O)[C@H]2C=C[C@H]3C2)cc1[N+](=O)[O-]. The van der Waals surface area contributed by atoms with Gasteiger partial charge in [0.25, 0.3) is 11.6 Å². The van der Waals surface area contributed by atoms with E-state index in [9.17, 15) is 29.3 Å². The van der Waals surface area contributed by atoms with Gasteiger partial charge in [-0.25, -0.2) is 0 Å². The zero-order chi connectivity index (χ0) is 21.6. The summed E-state index contributed by atoms with van der Waals surface area (Å²) in [5.41, 5.74) is 0.483. The van der Waals surface area contributed by atoms with E-state index in [4.69, 9.17) is 4.74 Å². The number of esters is 1. The molecule has 2 bridgehead atoms. The summed E-state index contributed by atoms with van der Waals surface area (Å²) in [4.78, 5) is 60.5. The average Bonchev–Trinajstić information content (AvgIpc) is 3.38. The van der Waals surface area contributed by atoms with Crippen molar-refractivity contribution in [1.82, 2.24) is 4.90 Å². The first kappa shape index (κ1) is 19.7. The molecule has 2 fully saturated rings. The minimum atomic E-state index is -0.873. The topological polar surface area (TPSA) is 136 Å². The number of hydrogen-bond acceptors (Lipinski definition) is 7. The first-order chi connectivity index (χ1) is 14.3. The third kappa shape index (κ3) is 3.34.